The maximum atomic E-state index is 17.6. The highest BCUT2D eigenvalue weighted by Gasteiger charge is 2.52. The summed E-state index contributed by atoms with van der Waals surface area (Å²) in [5.74, 6) is -0.320. The van der Waals surface area contributed by atoms with Crippen molar-refractivity contribution in [2.24, 2.45) is 0 Å². The fourth-order valence-corrected chi connectivity index (χ4v) is 9.78. The van der Waals surface area contributed by atoms with Gasteiger partial charge in [0, 0.05) is 32.2 Å². The average Bonchev–Trinajstić information content (AvgIpc) is 3.76. The molecule has 4 aromatic rings. The fraction of sp³-hybridized carbons (Fsp3) is 0.561. The topological polar surface area (TPSA) is 112 Å². The highest BCUT2D eigenvalue weighted by atomic mass is 19.1. The van der Waals surface area contributed by atoms with Gasteiger partial charge >= 0.3 is 12.1 Å². The van der Waals surface area contributed by atoms with E-state index in [9.17, 15) is 9.18 Å². The Bertz CT molecular complexity index is 2220. The van der Waals surface area contributed by atoms with Gasteiger partial charge in [0.15, 0.2) is 12.6 Å². The lowest BCUT2D eigenvalue weighted by Gasteiger charge is -2.46. The van der Waals surface area contributed by atoms with E-state index in [1.807, 2.05) is 32.6 Å². The lowest BCUT2D eigenvalue weighted by atomic mass is 9.94. The van der Waals surface area contributed by atoms with E-state index in [1.54, 1.807) is 18.2 Å². The Morgan fingerprint density at radius 2 is 1.89 bits per heavy atom. The number of hydrogen-bond donors (Lipinski definition) is 0. The second kappa shape index (κ2) is 13.8. The van der Waals surface area contributed by atoms with Crippen LogP contribution < -0.4 is 19.1 Å². The zero-order valence-corrected chi connectivity index (χ0v) is 32.4. The summed E-state index contributed by atoms with van der Waals surface area (Å²) in [6, 6.07) is 5.50. The van der Waals surface area contributed by atoms with Gasteiger partial charge < -0.3 is 28.6 Å². The Balaban J connectivity index is 1.21. The van der Waals surface area contributed by atoms with Crippen molar-refractivity contribution in [1.29, 1.82) is 0 Å². The molecule has 298 valence electrons. The molecule has 1 amide bonds. The minimum Gasteiger partial charge on any atom is -0.475 e. The average molecular weight is 777 g/mol. The van der Waals surface area contributed by atoms with E-state index in [0.29, 0.717) is 65.8 Å². The summed E-state index contributed by atoms with van der Waals surface area (Å²) >= 11 is 0. The Morgan fingerprint density at radius 1 is 1.05 bits per heavy atom. The molecule has 5 atom stereocenters. The van der Waals surface area contributed by atoms with Crippen molar-refractivity contribution in [3.05, 3.63) is 41.5 Å². The van der Waals surface area contributed by atoms with Crippen molar-refractivity contribution in [1.82, 2.24) is 24.8 Å². The van der Waals surface area contributed by atoms with Crippen LogP contribution in [0.2, 0.25) is 0 Å². The van der Waals surface area contributed by atoms with Crippen molar-refractivity contribution in [3.8, 4) is 28.9 Å². The predicted octanol–water partition coefficient (Wildman–Crippen LogP) is 6.97. The molecule has 5 aliphatic heterocycles. The molecule has 0 saturated carbocycles. The molecule has 15 heteroatoms. The molecule has 0 aliphatic carbocycles. The van der Waals surface area contributed by atoms with Gasteiger partial charge in [-0.05, 0) is 94.0 Å². The molecular formula is C41H47F3N6O6. The van der Waals surface area contributed by atoms with Crippen LogP contribution in [0.1, 0.15) is 65.4 Å². The molecule has 0 radical (unpaired) electrons. The number of alkyl halides is 1. The van der Waals surface area contributed by atoms with E-state index in [1.165, 1.54) is 13.2 Å². The number of rotatable bonds is 8. The van der Waals surface area contributed by atoms with E-state index in [-0.39, 0.29) is 72.7 Å². The highest BCUT2D eigenvalue weighted by Crippen LogP contribution is 2.47. The minimum atomic E-state index is -0.958. The zero-order valence-electron chi connectivity index (χ0n) is 32.4. The highest BCUT2D eigenvalue weighted by molar-refractivity contribution is 6.03. The van der Waals surface area contributed by atoms with Gasteiger partial charge in [-0.3, -0.25) is 9.80 Å². The van der Waals surface area contributed by atoms with E-state index < -0.39 is 28.9 Å². The number of benzene rings is 2. The van der Waals surface area contributed by atoms with Gasteiger partial charge in [0.1, 0.15) is 59.0 Å². The van der Waals surface area contributed by atoms with Crippen molar-refractivity contribution in [2.45, 2.75) is 102 Å². The Kier molecular flexibility index (Phi) is 9.10. The number of methoxy groups -OCH3 is 1. The number of piperazine rings is 1. The van der Waals surface area contributed by atoms with Crippen LogP contribution >= 0.6 is 0 Å². The van der Waals surface area contributed by atoms with Crippen LogP contribution in [-0.2, 0) is 15.9 Å². The third kappa shape index (κ3) is 6.12. The smallest absolute Gasteiger partial charge is 0.410 e. The monoisotopic (exact) mass is 776 g/mol. The molecule has 5 aliphatic rings. The van der Waals surface area contributed by atoms with Crippen molar-refractivity contribution in [3.63, 3.8) is 0 Å². The first-order valence-corrected chi connectivity index (χ1v) is 19.6. The number of nitrogens with zero attached hydrogens (tertiary/aromatic N) is 6. The number of pyridine rings is 1. The number of carbonyl (C=O) groups is 1. The predicted molar refractivity (Wildman–Crippen MR) is 202 cm³/mol. The SMILES string of the molecule is CCc1c(F)ccc2cc(OCOC)cc(-c3nc4c5c(nc(OC[C@]67CCCN6C[C@H](F)C7)nc5c3F)N3C[C@H]5CC[C@@H]([C@H]3CO4)N5C(=O)OC(C)(C)C)c12. The van der Waals surface area contributed by atoms with E-state index in [2.05, 4.69) is 9.80 Å². The molecule has 56 heavy (non-hydrogen) atoms. The van der Waals surface area contributed by atoms with E-state index in [4.69, 9.17) is 38.6 Å². The molecular weight excluding hydrogens is 729 g/mol. The maximum Gasteiger partial charge on any atom is 0.410 e. The Hall–Kier alpha value is -4.63. The largest absolute Gasteiger partial charge is 0.475 e. The van der Waals surface area contributed by atoms with Crippen LogP contribution in [-0.4, -0.2) is 113 Å². The van der Waals surface area contributed by atoms with Crippen LogP contribution in [0.3, 0.4) is 0 Å². The second-order valence-electron chi connectivity index (χ2n) is 16.7. The number of carbonyl (C=O) groups excluding carboxylic acids is 1. The molecule has 9 rings (SSSR count). The van der Waals surface area contributed by atoms with Crippen LogP contribution in [0.5, 0.6) is 17.6 Å². The van der Waals surface area contributed by atoms with Gasteiger partial charge in [-0.25, -0.2) is 22.9 Å². The first kappa shape index (κ1) is 37.0. The molecule has 2 aromatic carbocycles. The number of aromatic nitrogens is 3. The zero-order chi connectivity index (χ0) is 39.1. The molecule has 0 unspecified atom stereocenters. The van der Waals surface area contributed by atoms with Gasteiger partial charge in [0.05, 0.1) is 23.7 Å². The number of amides is 1. The summed E-state index contributed by atoms with van der Waals surface area (Å²) in [4.78, 5) is 34.1. The molecule has 0 N–H and O–H groups in total. The van der Waals surface area contributed by atoms with E-state index >= 15 is 8.78 Å². The summed E-state index contributed by atoms with van der Waals surface area (Å²) in [5, 5.41) is 1.39. The third-order valence-electron chi connectivity index (χ3n) is 12.1. The summed E-state index contributed by atoms with van der Waals surface area (Å²) < 4.78 is 77.5. The Labute approximate surface area is 323 Å². The summed E-state index contributed by atoms with van der Waals surface area (Å²) in [5.41, 5.74) is -0.665. The van der Waals surface area contributed by atoms with Gasteiger partial charge in [-0.15, -0.1) is 0 Å². The first-order valence-electron chi connectivity index (χ1n) is 19.6. The summed E-state index contributed by atoms with van der Waals surface area (Å²) in [7, 11) is 1.50. The second-order valence-corrected chi connectivity index (χ2v) is 16.7. The minimum absolute atomic E-state index is 0.0528. The number of ether oxygens (including phenoxy) is 5. The maximum absolute atomic E-state index is 17.6. The summed E-state index contributed by atoms with van der Waals surface area (Å²) in [6.45, 7) is 9.09. The van der Waals surface area contributed by atoms with Gasteiger partial charge in [-0.2, -0.15) is 9.97 Å². The molecule has 7 heterocycles. The van der Waals surface area contributed by atoms with Crippen LogP contribution in [0.4, 0.5) is 23.8 Å². The lowest BCUT2D eigenvalue weighted by molar-refractivity contribution is 0.00537. The van der Waals surface area contributed by atoms with E-state index in [0.717, 1.165) is 25.8 Å². The molecule has 12 nitrogen and oxygen atoms in total. The standard InChI is InChI=1S/C41H47F3N6O6/c1-6-26-28(43)10-8-22-14-25(55-21-52-5)15-27(31(22)26)34-33(44)35-32-36(47-38(46-35)54-20-41-12-7-13-48(41)17-23(42)16-41)49-18-24-9-11-29(30(49)19-53-37(32)45-34)50(24)39(51)56-40(2,3)4/h8,10,14-15,23-24,29-30H,6-7,9,11-13,16-21H2,1-5H3/t23-,24-,29+,30-,41-/m1/s1. The Morgan fingerprint density at radius 3 is 2.68 bits per heavy atom. The number of halogens is 3. The van der Waals surface area contributed by atoms with Crippen molar-refractivity contribution >= 4 is 33.6 Å². The van der Waals surface area contributed by atoms with Crippen LogP contribution in [0, 0.1) is 11.6 Å². The first-order chi connectivity index (χ1) is 26.9. The van der Waals surface area contributed by atoms with Gasteiger partial charge in [0.25, 0.3) is 0 Å². The molecule has 4 saturated heterocycles. The molecule has 4 fully saturated rings. The molecule has 2 bridgehead atoms. The van der Waals surface area contributed by atoms with Crippen molar-refractivity contribution in [2.75, 3.05) is 51.7 Å². The summed E-state index contributed by atoms with van der Waals surface area (Å²) in [6.07, 6.45) is 2.50. The quantitative estimate of drug-likeness (QED) is 0.173. The number of hydrogen-bond acceptors (Lipinski definition) is 11. The normalized spacial score (nSPS) is 25.6. The van der Waals surface area contributed by atoms with Gasteiger partial charge in [-0.1, -0.05) is 13.0 Å². The van der Waals surface area contributed by atoms with Crippen LogP contribution in [0.25, 0.3) is 32.9 Å². The lowest BCUT2D eigenvalue weighted by Crippen LogP contribution is -2.63. The molecule has 2 aromatic heterocycles. The third-order valence-corrected chi connectivity index (χ3v) is 12.1. The van der Waals surface area contributed by atoms with Crippen LogP contribution in [0.15, 0.2) is 24.3 Å². The number of anilines is 1. The van der Waals surface area contributed by atoms with Crippen molar-refractivity contribution < 1.29 is 41.7 Å². The van der Waals surface area contributed by atoms with Gasteiger partial charge in [0.2, 0.25) is 5.88 Å². The fourth-order valence-electron chi connectivity index (χ4n) is 9.78. The number of fused-ring (bicyclic) bond motifs is 7. The molecule has 0 spiro atoms. The number of aryl methyl sites for hydroxylation is 1.